The summed E-state index contributed by atoms with van der Waals surface area (Å²) >= 11 is 1.38. The Morgan fingerprint density at radius 2 is 1.75 bits per heavy atom. The Labute approximate surface area is 193 Å². The zero-order valence-corrected chi connectivity index (χ0v) is 19.9. The number of aromatic nitrogens is 2. The van der Waals surface area contributed by atoms with Crippen LogP contribution in [0.2, 0.25) is 0 Å². The van der Waals surface area contributed by atoms with Gasteiger partial charge < -0.3 is 9.42 Å². The Bertz CT molecular complexity index is 1160. The van der Waals surface area contributed by atoms with E-state index >= 15 is 0 Å². The van der Waals surface area contributed by atoms with E-state index in [1.165, 1.54) is 30.6 Å². The highest BCUT2D eigenvalue weighted by molar-refractivity contribution is 7.89. The van der Waals surface area contributed by atoms with Crippen molar-refractivity contribution in [2.24, 2.45) is 0 Å². The maximum Gasteiger partial charge on any atom is 0.268 e. The average molecular weight is 473 g/mol. The molecule has 9 heteroatoms. The van der Waals surface area contributed by atoms with E-state index in [2.05, 4.69) is 15.0 Å². The van der Waals surface area contributed by atoms with E-state index in [1.54, 1.807) is 10.4 Å². The molecule has 7 nitrogen and oxygen atoms in total. The third-order valence-electron chi connectivity index (χ3n) is 6.49. The van der Waals surface area contributed by atoms with Crippen molar-refractivity contribution in [2.75, 3.05) is 26.2 Å². The van der Waals surface area contributed by atoms with E-state index < -0.39 is 10.0 Å². The molecule has 0 bridgehead atoms. The van der Waals surface area contributed by atoms with Crippen molar-refractivity contribution >= 4 is 21.4 Å². The minimum Gasteiger partial charge on any atom is -0.333 e. The lowest BCUT2D eigenvalue weighted by molar-refractivity contribution is 0.118. The first kappa shape index (κ1) is 21.8. The van der Waals surface area contributed by atoms with Crippen molar-refractivity contribution in [2.45, 2.75) is 50.0 Å². The van der Waals surface area contributed by atoms with Gasteiger partial charge in [0.15, 0.2) is 0 Å². The topological polar surface area (TPSA) is 79.5 Å². The molecule has 0 saturated carbocycles. The maximum absolute atomic E-state index is 13.4. The minimum absolute atomic E-state index is 0.349. The third kappa shape index (κ3) is 4.26. The minimum atomic E-state index is -3.54. The first-order valence-corrected chi connectivity index (χ1v) is 13.5. The van der Waals surface area contributed by atoms with E-state index in [9.17, 15) is 8.42 Å². The van der Waals surface area contributed by atoms with Crippen LogP contribution in [0.25, 0.3) is 22.2 Å². The monoisotopic (exact) mass is 472 g/mol. The normalized spacial score (nSPS) is 19.4. The smallest absolute Gasteiger partial charge is 0.268 e. The van der Waals surface area contributed by atoms with Gasteiger partial charge in [0, 0.05) is 29.6 Å². The van der Waals surface area contributed by atoms with Crippen LogP contribution >= 0.6 is 11.3 Å². The summed E-state index contributed by atoms with van der Waals surface area (Å²) in [7, 11) is -3.54. The van der Waals surface area contributed by atoms with E-state index in [0.717, 1.165) is 36.4 Å². The van der Waals surface area contributed by atoms with Crippen LogP contribution in [0, 0.1) is 6.92 Å². The van der Waals surface area contributed by atoms with Crippen molar-refractivity contribution < 1.29 is 12.9 Å². The Morgan fingerprint density at radius 3 is 2.47 bits per heavy atom. The van der Waals surface area contributed by atoms with Gasteiger partial charge in [0.1, 0.15) is 0 Å². The molecule has 0 N–H and O–H groups in total. The lowest BCUT2D eigenvalue weighted by Gasteiger charge is -2.39. The second-order valence-electron chi connectivity index (χ2n) is 8.55. The number of likely N-dealkylation sites (tertiary alicyclic amines) is 1. The van der Waals surface area contributed by atoms with E-state index in [-0.39, 0.29) is 0 Å². The van der Waals surface area contributed by atoms with Gasteiger partial charge >= 0.3 is 0 Å². The van der Waals surface area contributed by atoms with Crippen LogP contribution in [0.1, 0.15) is 37.0 Å². The predicted molar refractivity (Wildman–Crippen MR) is 125 cm³/mol. The van der Waals surface area contributed by atoms with Gasteiger partial charge in [0.2, 0.25) is 15.8 Å². The molecular formula is C23H28N4O3S2. The highest BCUT2D eigenvalue weighted by Crippen LogP contribution is 2.36. The van der Waals surface area contributed by atoms with Crippen molar-refractivity contribution in [3.63, 3.8) is 0 Å². The molecular weight excluding hydrogens is 444 g/mol. The molecule has 2 aliphatic heterocycles. The van der Waals surface area contributed by atoms with Crippen LogP contribution in [0.15, 0.2) is 45.8 Å². The van der Waals surface area contributed by atoms with E-state index in [4.69, 9.17) is 4.52 Å². The first-order chi connectivity index (χ1) is 15.5. The summed E-state index contributed by atoms with van der Waals surface area (Å²) in [5.74, 6) is 0.845. The number of rotatable bonds is 5. The van der Waals surface area contributed by atoms with Crippen LogP contribution in [-0.4, -0.2) is 60.0 Å². The quantitative estimate of drug-likeness (QED) is 0.547. The summed E-state index contributed by atoms with van der Waals surface area (Å²) < 4.78 is 33.9. The van der Waals surface area contributed by atoms with Crippen molar-refractivity contribution in [1.29, 1.82) is 0 Å². The highest BCUT2D eigenvalue weighted by Gasteiger charge is 2.34. The van der Waals surface area contributed by atoms with Crippen molar-refractivity contribution in [1.82, 2.24) is 19.3 Å². The largest absolute Gasteiger partial charge is 0.333 e. The summed E-state index contributed by atoms with van der Waals surface area (Å²) in [6.45, 7) is 5.30. The molecule has 0 atom stereocenters. The summed E-state index contributed by atoms with van der Waals surface area (Å²) in [5.41, 5.74) is 0.861. The van der Waals surface area contributed by atoms with Gasteiger partial charge in [0.25, 0.3) is 5.89 Å². The van der Waals surface area contributed by atoms with Gasteiger partial charge in [-0.25, -0.2) is 8.42 Å². The number of benzene rings is 1. The summed E-state index contributed by atoms with van der Waals surface area (Å²) in [4.78, 5) is 8.82. The molecule has 5 rings (SSSR count). The van der Waals surface area contributed by atoms with Crippen molar-refractivity contribution in [3.05, 3.63) is 41.3 Å². The Kier molecular flexibility index (Phi) is 6.16. The van der Waals surface area contributed by atoms with Crippen LogP contribution in [-0.2, 0) is 10.0 Å². The van der Waals surface area contributed by atoms with Gasteiger partial charge in [-0.2, -0.15) is 9.29 Å². The van der Waals surface area contributed by atoms with E-state index in [1.807, 2.05) is 37.3 Å². The zero-order chi connectivity index (χ0) is 22.1. The average Bonchev–Trinajstić information content (AvgIpc) is 3.48. The molecule has 0 spiro atoms. The Balaban J connectivity index is 1.32. The van der Waals surface area contributed by atoms with E-state index in [0.29, 0.717) is 40.6 Å². The highest BCUT2D eigenvalue weighted by atomic mass is 32.2. The fourth-order valence-electron chi connectivity index (χ4n) is 4.73. The molecule has 2 aromatic heterocycles. The Morgan fingerprint density at radius 1 is 1.03 bits per heavy atom. The molecule has 2 aliphatic rings. The fourth-order valence-corrected chi connectivity index (χ4v) is 7.68. The zero-order valence-electron chi connectivity index (χ0n) is 18.2. The number of sulfonamides is 1. The maximum atomic E-state index is 13.4. The fraction of sp³-hybridized carbons (Fsp3) is 0.478. The lowest BCUT2D eigenvalue weighted by Crippen LogP contribution is -2.48. The van der Waals surface area contributed by atoms with Crippen LogP contribution in [0.5, 0.6) is 0 Å². The molecule has 2 fully saturated rings. The van der Waals surface area contributed by atoms with Gasteiger partial charge in [-0.05, 0) is 51.8 Å². The molecule has 1 aromatic carbocycles. The third-order valence-corrected chi connectivity index (χ3v) is 9.68. The number of hydrogen-bond acceptors (Lipinski definition) is 7. The predicted octanol–water partition coefficient (Wildman–Crippen LogP) is 4.41. The second kappa shape index (κ2) is 9.05. The van der Waals surface area contributed by atoms with Gasteiger partial charge in [-0.15, -0.1) is 11.3 Å². The first-order valence-electron chi connectivity index (χ1n) is 11.3. The SMILES string of the molecule is Cc1sc(-c2nc(-c3ccccc3)no2)cc1S(=O)(=O)N1CCC(N2CCCCC2)CC1. The molecule has 170 valence electrons. The molecule has 32 heavy (non-hydrogen) atoms. The number of piperidine rings is 2. The lowest BCUT2D eigenvalue weighted by atomic mass is 10.0. The molecule has 0 unspecified atom stereocenters. The standard InChI is InChI=1S/C23H28N4O3S2/c1-17-21(16-20(31-17)23-24-22(25-30-23)18-8-4-2-5-9-18)32(28,29)27-14-10-19(11-15-27)26-12-6-3-7-13-26/h2,4-5,8-9,16,19H,3,6-7,10-15H2,1H3. The molecule has 4 heterocycles. The summed E-state index contributed by atoms with van der Waals surface area (Å²) in [6, 6.07) is 11.8. The van der Waals surface area contributed by atoms with Crippen LogP contribution in [0.4, 0.5) is 0 Å². The number of aryl methyl sites for hydroxylation is 1. The van der Waals surface area contributed by atoms with Crippen LogP contribution < -0.4 is 0 Å². The second-order valence-corrected chi connectivity index (χ2v) is 11.7. The molecule has 0 aliphatic carbocycles. The molecule has 0 amide bonds. The number of hydrogen-bond donors (Lipinski definition) is 0. The number of nitrogens with zero attached hydrogens (tertiary/aromatic N) is 4. The summed E-state index contributed by atoms with van der Waals surface area (Å²) in [5, 5.41) is 4.06. The molecule has 2 saturated heterocycles. The van der Waals surface area contributed by atoms with Crippen LogP contribution in [0.3, 0.4) is 0 Å². The van der Waals surface area contributed by atoms with Crippen molar-refractivity contribution in [3.8, 4) is 22.2 Å². The van der Waals surface area contributed by atoms with Gasteiger partial charge in [-0.3, -0.25) is 0 Å². The summed E-state index contributed by atoms with van der Waals surface area (Å²) in [6.07, 6.45) is 5.64. The molecule has 0 radical (unpaired) electrons. The van der Waals surface area contributed by atoms with Gasteiger partial charge in [0.05, 0.1) is 9.77 Å². The number of thiophene rings is 1. The Hall–Kier alpha value is -2.07. The van der Waals surface area contributed by atoms with Gasteiger partial charge in [-0.1, -0.05) is 41.9 Å². The molecule has 3 aromatic rings.